The summed E-state index contributed by atoms with van der Waals surface area (Å²) >= 11 is 0. The molecule has 0 spiro atoms. The first-order valence-electron chi connectivity index (χ1n) is 6.52. The summed E-state index contributed by atoms with van der Waals surface area (Å²) < 4.78 is 48.7. The van der Waals surface area contributed by atoms with Gasteiger partial charge >= 0.3 is 6.18 Å². The monoisotopic (exact) mass is 306 g/mol. The lowest BCUT2D eigenvalue weighted by molar-refractivity contribution is -0.139. The van der Waals surface area contributed by atoms with Crippen molar-refractivity contribution in [3.8, 4) is 0 Å². The van der Waals surface area contributed by atoms with Gasteiger partial charge in [-0.05, 0) is 38.0 Å². The maximum Gasteiger partial charge on any atom is 0.405 e. The zero-order valence-electron chi connectivity index (χ0n) is 11.8. The van der Waals surface area contributed by atoms with Gasteiger partial charge in [0.25, 0.3) is 0 Å². The van der Waals surface area contributed by atoms with E-state index < -0.39 is 24.7 Å². The Labute approximate surface area is 120 Å². The Morgan fingerprint density at radius 1 is 1.19 bits per heavy atom. The average Bonchev–Trinajstić information content (AvgIpc) is 2.37. The molecule has 1 rings (SSSR count). The maximum atomic E-state index is 12.8. The Morgan fingerprint density at radius 2 is 1.76 bits per heavy atom. The molecule has 21 heavy (non-hydrogen) atoms. The van der Waals surface area contributed by atoms with E-state index in [9.17, 15) is 22.4 Å². The van der Waals surface area contributed by atoms with E-state index >= 15 is 0 Å². The molecule has 0 saturated heterocycles. The molecular formula is C14H18F4N2O. The van der Waals surface area contributed by atoms with E-state index in [2.05, 4.69) is 5.32 Å². The Bertz CT molecular complexity index is 459. The van der Waals surface area contributed by atoms with E-state index in [0.29, 0.717) is 6.42 Å². The standard InChI is InChI=1S/C14H18F4N2O/c1-9(7-11-3-5-12(15)6-4-11)20-10(2)13(21)19-8-14(16,17)18/h3-6,9-10,20H,7-8H2,1-2H3,(H,19,21). The highest BCUT2D eigenvalue weighted by Gasteiger charge is 2.28. The Morgan fingerprint density at radius 3 is 2.29 bits per heavy atom. The Kier molecular flexibility index (Phi) is 6.14. The highest BCUT2D eigenvalue weighted by atomic mass is 19.4. The van der Waals surface area contributed by atoms with Gasteiger partial charge in [-0.15, -0.1) is 0 Å². The molecule has 1 aromatic rings. The number of amides is 1. The van der Waals surface area contributed by atoms with Gasteiger partial charge in [-0.1, -0.05) is 12.1 Å². The molecule has 0 bridgehead atoms. The summed E-state index contributed by atoms with van der Waals surface area (Å²) in [4.78, 5) is 11.5. The lowest BCUT2D eigenvalue weighted by atomic mass is 10.1. The zero-order chi connectivity index (χ0) is 16.0. The number of alkyl halides is 3. The van der Waals surface area contributed by atoms with Crippen molar-refractivity contribution in [3.63, 3.8) is 0 Å². The SMILES string of the molecule is CC(Cc1ccc(F)cc1)NC(C)C(=O)NCC(F)(F)F. The van der Waals surface area contributed by atoms with Gasteiger partial charge in [0.15, 0.2) is 0 Å². The third-order valence-electron chi connectivity index (χ3n) is 2.85. The van der Waals surface area contributed by atoms with Crippen LogP contribution in [0.4, 0.5) is 17.6 Å². The van der Waals surface area contributed by atoms with Crippen molar-refractivity contribution in [2.75, 3.05) is 6.54 Å². The molecule has 0 radical (unpaired) electrons. The number of carbonyl (C=O) groups is 1. The zero-order valence-corrected chi connectivity index (χ0v) is 11.8. The van der Waals surface area contributed by atoms with Crippen LogP contribution in [-0.2, 0) is 11.2 Å². The molecule has 1 aromatic carbocycles. The molecule has 3 nitrogen and oxygen atoms in total. The highest BCUT2D eigenvalue weighted by molar-refractivity contribution is 5.81. The van der Waals surface area contributed by atoms with Crippen LogP contribution in [0, 0.1) is 5.82 Å². The molecule has 1 amide bonds. The Hall–Kier alpha value is -1.63. The molecule has 0 heterocycles. The number of rotatable bonds is 6. The van der Waals surface area contributed by atoms with Crippen LogP contribution in [0.25, 0.3) is 0 Å². The molecule has 0 aliphatic rings. The van der Waals surface area contributed by atoms with Crippen molar-refractivity contribution in [1.82, 2.24) is 10.6 Å². The molecule has 2 atom stereocenters. The van der Waals surface area contributed by atoms with Crippen molar-refractivity contribution in [3.05, 3.63) is 35.6 Å². The second kappa shape index (κ2) is 7.40. The fourth-order valence-corrected chi connectivity index (χ4v) is 1.88. The predicted molar refractivity (Wildman–Crippen MR) is 71.2 cm³/mol. The first kappa shape index (κ1) is 17.4. The number of hydrogen-bond donors (Lipinski definition) is 2. The summed E-state index contributed by atoms with van der Waals surface area (Å²) in [5.74, 6) is -1.04. The molecule has 0 aliphatic carbocycles. The molecule has 0 aromatic heterocycles. The lowest BCUT2D eigenvalue weighted by Crippen LogP contribution is -2.48. The van der Waals surface area contributed by atoms with Crippen LogP contribution < -0.4 is 10.6 Å². The predicted octanol–water partition coefficient (Wildman–Crippen LogP) is 2.41. The average molecular weight is 306 g/mol. The van der Waals surface area contributed by atoms with E-state index in [-0.39, 0.29) is 11.9 Å². The van der Waals surface area contributed by atoms with Crippen LogP contribution in [0.2, 0.25) is 0 Å². The Balaban J connectivity index is 2.41. The third-order valence-corrected chi connectivity index (χ3v) is 2.85. The summed E-state index contributed by atoms with van der Waals surface area (Å²) in [6.07, 6.45) is -3.88. The van der Waals surface area contributed by atoms with Crippen LogP contribution in [0.15, 0.2) is 24.3 Å². The summed E-state index contributed by atoms with van der Waals surface area (Å²) in [6, 6.07) is 5.04. The quantitative estimate of drug-likeness (QED) is 0.793. The number of nitrogens with one attached hydrogen (secondary N) is 2. The van der Waals surface area contributed by atoms with Crippen molar-refractivity contribution < 1.29 is 22.4 Å². The van der Waals surface area contributed by atoms with E-state index in [1.165, 1.54) is 19.1 Å². The van der Waals surface area contributed by atoms with Crippen LogP contribution in [-0.4, -0.2) is 30.7 Å². The van der Waals surface area contributed by atoms with Gasteiger partial charge in [0.1, 0.15) is 12.4 Å². The van der Waals surface area contributed by atoms with Crippen LogP contribution in [0.3, 0.4) is 0 Å². The lowest BCUT2D eigenvalue weighted by Gasteiger charge is -2.20. The number of benzene rings is 1. The normalized spacial score (nSPS) is 14.6. The van der Waals surface area contributed by atoms with Crippen LogP contribution >= 0.6 is 0 Å². The molecule has 0 saturated carbocycles. The summed E-state index contributed by atoms with van der Waals surface area (Å²) in [5.41, 5.74) is 0.874. The van der Waals surface area contributed by atoms with Gasteiger partial charge in [0.2, 0.25) is 5.91 Å². The van der Waals surface area contributed by atoms with Gasteiger partial charge < -0.3 is 10.6 Å². The molecule has 2 unspecified atom stereocenters. The van der Waals surface area contributed by atoms with Crippen molar-refractivity contribution in [1.29, 1.82) is 0 Å². The van der Waals surface area contributed by atoms with Crippen LogP contribution in [0.1, 0.15) is 19.4 Å². The fraction of sp³-hybridized carbons (Fsp3) is 0.500. The first-order chi connectivity index (χ1) is 9.67. The van der Waals surface area contributed by atoms with Crippen molar-refractivity contribution >= 4 is 5.91 Å². The molecular weight excluding hydrogens is 288 g/mol. The largest absolute Gasteiger partial charge is 0.405 e. The first-order valence-corrected chi connectivity index (χ1v) is 6.52. The van der Waals surface area contributed by atoms with Gasteiger partial charge in [-0.2, -0.15) is 13.2 Å². The van der Waals surface area contributed by atoms with E-state index in [4.69, 9.17) is 0 Å². The van der Waals surface area contributed by atoms with Gasteiger partial charge in [-0.3, -0.25) is 4.79 Å². The van der Waals surface area contributed by atoms with E-state index in [0.717, 1.165) is 5.56 Å². The van der Waals surface area contributed by atoms with Crippen molar-refractivity contribution in [2.45, 2.75) is 38.5 Å². The minimum Gasteiger partial charge on any atom is -0.346 e. The number of halogens is 4. The second-order valence-corrected chi connectivity index (χ2v) is 4.95. The van der Waals surface area contributed by atoms with E-state index in [1.54, 1.807) is 19.1 Å². The molecule has 0 fully saturated rings. The van der Waals surface area contributed by atoms with Crippen LogP contribution in [0.5, 0.6) is 0 Å². The van der Waals surface area contributed by atoms with Gasteiger partial charge in [-0.25, -0.2) is 4.39 Å². The minimum atomic E-state index is -4.42. The number of carbonyl (C=O) groups excluding carboxylic acids is 1. The van der Waals surface area contributed by atoms with Crippen molar-refractivity contribution in [2.24, 2.45) is 0 Å². The fourth-order valence-electron chi connectivity index (χ4n) is 1.88. The maximum absolute atomic E-state index is 12.8. The van der Waals surface area contributed by atoms with Gasteiger partial charge in [0, 0.05) is 6.04 Å². The summed E-state index contributed by atoms with van der Waals surface area (Å²) in [6.45, 7) is 1.95. The number of hydrogen-bond acceptors (Lipinski definition) is 2. The molecule has 7 heteroatoms. The molecule has 0 aliphatic heterocycles. The topological polar surface area (TPSA) is 41.1 Å². The molecule has 118 valence electrons. The summed E-state index contributed by atoms with van der Waals surface area (Å²) in [7, 11) is 0. The third kappa shape index (κ3) is 7.08. The minimum absolute atomic E-state index is 0.137. The molecule has 2 N–H and O–H groups in total. The second-order valence-electron chi connectivity index (χ2n) is 4.95. The van der Waals surface area contributed by atoms with E-state index in [1.807, 2.05) is 5.32 Å². The highest BCUT2D eigenvalue weighted by Crippen LogP contribution is 2.12. The smallest absolute Gasteiger partial charge is 0.346 e. The van der Waals surface area contributed by atoms with Gasteiger partial charge in [0.05, 0.1) is 6.04 Å². The summed E-state index contributed by atoms with van der Waals surface area (Å²) in [5, 5.41) is 4.73.